The van der Waals surface area contributed by atoms with Gasteiger partial charge in [-0.05, 0) is 68.1 Å². The molecule has 8 amide bonds. The molecular weight excluding hydrogens is 728 g/mol. The van der Waals surface area contributed by atoms with Gasteiger partial charge in [0.15, 0.2) is 0 Å². The number of aromatic hydroxyl groups is 1. The Kier molecular flexibility index (Phi) is 15.6. The summed E-state index contributed by atoms with van der Waals surface area (Å²) in [6.45, 7) is 5.89. The molecule has 3 aliphatic heterocycles. The van der Waals surface area contributed by atoms with E-state index < -0.39 is 103 Å². The van der Waals surface area contributed by atoms with Gasteiger partial charge in [0.1, 0.15) is 42.0 Å². The summed E-state index contributed by atoms with van der Waals surface area (Å²) in [6.07, 6.45) is 2.02. The highest BCUT2D eigenvalue weighted by atomic mass is 16.3. The predicted octanol–water partition coefficient (Wildman–Crippen LogP) is -1.81. The summed E-state index contributed by atoms with van der Waals surface area (Å²) in [6, 6.07) is -0.760. The fraction of sp³-hybridized carbons (Fsp3) is 0.632. The third kappa shape index (κ3) is 11.9. The van der Waals surface area contributed by atoms with Crippen molar-refractivity contribution < 1.29 is 48.6 Å². The van der Waals surface area contributed by atoms with Gasteiger partial charge in [0.25, 0.3) is 0 Å². The first-order valence-corrected chi connectivity index (χ1v) is 19.3. The van der Waals surface area contributed by atoms with Crippen molar-refractivity contribution in [1.29, 1.82) is 0 Å². The maximum atomic E-state index is 14.3. The van der Waals surface area contributed by atoms with Crippen molar-refractivity contribution in [3.05, 3.63) is 29.8 Å². The molecule has 1 aromatic carbocycles. The van der Waals surface area contributed by atoms with E-state index in [2.05, 4.69) is 31.9 Å². The van der Waals surface area contributed by atoms with Crippen LogP contribution in [0.1, 0.15) is 71.8 Å². The van der Waals surface area contributed by atoms with Gasteiger partial charge in [-0.1, -0.05) is 39.8 Å². The molecule has 0 aromatic heterocycles. The van der Waals surface area contributed by atoms with Crippen LogP contribution >= 0.6 is 0 Å². The number of carbonyl (C=O) groups excluding carboxylic acids is 8. The highest BCUT2D eigenvalue weighted by Gasteiger charge is 2.44. The zero-order chi connectivity index (χ0) is 41.1. The van der Waals surface area contributed by atoms with Crippen molar-refractivity contribution >= 4 is 47.3 Å². The molecule has 1 aromatic rings. The summed E-state index contributed by atoms with van der Waals surface area (Å²) in [5.41, 5.74) is 0.574. The summed E-state index contributed by atoms with van der Waals surface area (Å²) in [5, 5.41) is 34.9. The molecule has 18 nitrogen and oxygen atoms in total. The molecule has 0 spiro atoms. The Labute approximate surface area is 326 Å². The topological polar surface area (TPSA) is 256 Å². The molecule has 3 saturated heterocycles. The Morgan fingerprint density at radius 1 is 0.607 bits per heavy atom. The van der Waals surface area contributed by atoms with Gasteiger partial charge in [-0.15, -0.1) is 0 Å². The second kappa shape index (κ2) is 20.1. The minimum absolute atomic E-state index is 0.00745. The van der Waals surface area contributed by atoms with Gasteiger partial charge >= 0.3 is 0 Å². The number of benzene rings is 1. The monoisotopic (exact) mass is 784 g/mol. The van der Waals surface area contributed by atoms with Crippen molar-refractivity contribution in [2.45, 2.75) is 109 Å². The maximum absolute atomic E-state index is 14.3. The molecule has 56 heavy (non-hydrogen) atoms. The number of fused-ring (bicyclic) bond motifs is 2. The Morgan fingerprint density at radius 3 is 1.77 bits per heavy atom. The van der Waals surface area contributed by atoms with Crippen LogP contribution in [0.25, 0.3) is 0 Å². The van der Waals surface area contributed by atoms with Crippen LogP contribution in [0.2, 0.25) is 0 Å². The molecule has 0 saturated carbocycles. The first-order valence-electron chi connectivity index (χ1n) is 19.3. The van der Waals surface area contributed by atoms with E-state index in [1.54, 1.807) is 12.1 Å². The number of hydrogen-bond acceptors (Lipinski definition) is 10. The summed E-state index contributed by atoms with van der Waals surface area (Å²) in [5.74, 6) is -5.50. The minimum atomic E-state index is -1.48. The highest BCUT2D eigenvalue weighted by Crippen LogP contribution is 2.27. The second-order valence-electron chi connectivity index (χ2n) is 15.5. The van der Waals surface area contributed by atoms with Crippen LogP contribution in [-0.2, 0) is 44.8 Å². The number of phenolic OH excluding ortho intramolecular Hbond substituents is 1. The SMILES string of the molecule is CC(C)C[C@@H]1NC(=O)[C@@H](Cc2ccc(O)cc2)NC(=O)CNC(=O)CNC(=O)[C@H](CO)NC(=O)[C@@H](CC(C)C)NC(=O)[C@H]2CCCN2C(=O)[C@@H]2CCCN2C1=O. The average Bonchev–Trinajstić information content (AvgIpc) is 3.85. The van der Waals surface area contributed by atoms with E-state index in [0.29, 0.717) is 31.2 Å². The molecule has 8 N–H and O–H groups in total. The van der Waals surface area contributed by atoms with Gasteiger partial charge in [-0.25, -0.2) is 0 Å². The molecule has 0 bridgehead atoms. The van der Waals surface area contributed by atoms with Crippen molar-refractivity contribution in [3.63, 3.8) is 0 Å². The molecule has 3 heterocycles. The number of carbonyl (C=O) groups is 8. The first-order chi connectivity index (χ1) is 26.6. The lowest BCUT2D eigenvalue weighted by atomic mass is 10.00. The van der Waals surface area contributed by atoms with Gasteiger partial charge in [0, 0.05) is 19.5 Å². The summed E-state index contributed by atoms with van der Waals surface area (Å²) < 4.78 is 0. The Hall–Kier alpha value is -5.26. The number of hydrogen-bond donors (Lipinski definition) is 8. The van der Waals surface area contributed by atoms with Gasteiger partial charge in [0.2, 0.25) is 47.3 Å². The van der Waals surface area contributed by atoms with Crippen molar-refractivity contribution in [3.8, 4) is 5.75 Å². The number of nitrogens with zero attached hydrogens (tertiary/aromatic N) is 2. The molecule has 0 unspecified atom stereocenters. The zero-order valence-electron chi connectivity index (χ0n) is 32.5. The van der Waals surface area contributed by atoms with Crippen LogP contribution in [0.3, 0.4) is 0 Å². The smallest absolute Gasteiger partial charge is 0.246 e. The van der Waals surface area contributed by atoms with Gasteiger partial charge in [-0.2, -0.15) is 0 Å². The molecule has 3 fully saturated rings. The Morgan fingerprint density at radius 2 is 1.14 bits per heavy atom. The largest absolute Gasteiger partial charge is 0.508 e. The van der Waals surface area contributed by atoms with E-state index in [1.165, 1.54) is 21.9 Å². The number of rotatable bonds is 7. The number of nitrogens with one attached hydrogen (secondary N) is 6. The lowest BCUT2D eigenvalue weighted by Crippen LogP contribution is -2.60. The lowest BCUT2D eigenvalue weighted by molar-refractivity contribution is -0.148. The lowest BCUT2D eigenvalue weighted by Gasteiger charge is -2.34. The number of amides is 8. The normalized spacial score (nSPS) is 26.8. The molecular formula is C38H56N8O10. The van der Waals surface area contributed by atoms with Gasteiger partial charge < -0.3 is 51.9 Å². The standard InChI is InChI=1S/C38H56N8O10/c1-21(2)15-25-34(52)44-28(20-47)33(51)40-18-31(49)39-19-32(50)41-26(17-23-9-11-24(48)12-10-23)35(53)43-27(16-22(3)4)37(55)46-14-6-8-30(46)38(56)45-13-5-7-29(45)36(54)42-25/h9-12,21-22,25-30,47-48H,5-8,13-20H2,1-4H3,(H,39,49)(H,40,51)(H,41,50)(H,42,54)(H,43,53)(H,44,52)/t25-,26-,27+,28+,29-,30+/m1/s1. The van der Waals surface area contributed by atoms with E-state index in [9.17, 15) is 48.6 Å². The van der Waals surface area contributed by atoms with Gasteiger partial charge in [-0.3, -0.25) is 38.4 Å². The minimum Gasteiger partial charge on any atom is -0.508 e. The average molecular weight is 785 g/mol. The third-order valence-corrected chi connectivity index (χ3v) is 10.0. The predicted molar refractivity (Wildman–Crippen MR) is 201 cm³/mol. The number of aliphatic hydroxyl groups excluding tert-OH is 1. The Balaban J connectivity index is 1.66. The summed E-state index contributed by atoms with van der Waals surface area (Å²) >= 11 is 0. The highest BCUT2D eigenvalue weighted by molar-refractivity contribution is 5.98. The fourth-order valence-electron chi connectivity index (χ4n) is 7.24. The maximum Gasteiger partial charge on any atom is 0.246 e. The van der Waals surface area contributed by atoms with Crippen LogP contribution < -0.4 is 31.9 Å². The zero-order valence-corrected chi connectivity index (χ0v) is 32.5. The molecule has 3 aliphatic rings. The Bertz CT molecular complexity index is 1620. The summed E-state index contributed by atoms with van der Waals surface area (Å²) in [4.78, 5) is 111. The second-order valence-corrected chi connectivity index (χ2v) is 15.5. The molecule has 308 valence electrons. The molecule has 4 rings (SSSR count). The molecule has 6 atom stereocenters. The molecule has 0 aliphatic carbocycles. The van der Waals surface area contributed by atoms with Crippen LogP contribution in [0, 0.1) is 11.8 Å². The van der Waals surface area contributed by atoms with Crippen LogP contribution in [0.15, 0.2) is 24.3 Å². The fourth-order valence-corrected chi connectivity index (χ4v) is 7.24. The number of aliphatic hydroxyl groups is 1. The van der Waals surface area contributed by atoms with E-state index in [1.807, 2.05) is 27.7 Å². The van der Waals surface area contributed by atoms with E-state index in [-0.39, 0.29) is 49.9 Å². The first kappa shape index (κ1) is 43.5. The third-order valence-electron chi connectivity index (χ3n) is 10.0. The number of phenols is 1. The van der Waals surface area contributed by atoms with Crippen molar-refractivity contribution in [2.75, 3.05) is 32.8 Å². The van der Waals surface area contributed by atoms with Gasteiger partial charge in [0.05, 0.1) is 19.7 Å². The van der Waals surface area contributed by atoms with Crippen molar-refractivity contribution in [2.24, 2.45) is 11.8 Å². The van der Waals surface area contributed by atoms with E-state index >= 15 is 0 Å². The van der Waals surface area contributed by atoms with E-state index in [0.717, 1.165) is 0 Å². The molecule has 18 heteroatoms. The van der Waals surface area contributed by atoms with E-state index in [4.69, 9.17) is 0 Å². The van der Waals surface area contributed by atoms with Crippen LogP contribution in [0.5, 0.6) is 5.75 Å². The quantitative estimate of drug-likeness (QED) is 0.154. The van der Waals surface area contributed by atoms with Crippen LogP contribution in [-0.4, -0.2) is 136 Å². The van der Waals surface area contributed by atoms with Crippen LogP contribution in [0.4, 0.5) is 0 Å². The molecule has 0 radical (unpaired) electrons. The summed E-state index contributed by atoms with van der Waals surface area (Å²) in [7, 11) is 0. The van der Waals surface area contributed by atoms with Crippen molar-refractivity contribution in [1.82, 2.24) is 41.7 Å².